The zero-order chi connectivity index (χ0) is 15.8. The third-order valence-corrected chi connectivity index (χ3v) is 3.03. The van der Waals surface area contributed by atoms with Crippen molar-refractivity contribution in [3.8, 4) is 5.75 Å². The van der Waals surface area contributed by atoms with Gasteiger partial charge in [0, 0.05) is 24.6 Å². The molecule has 0 bridgehead atoms. The molecule has 2 atom stereocenters. The number of aliphatic hydroxyl groups excluding tert-OH is 3. The molecule has 4 N–H and O–H groups in total. The monoisotopic (exact) mass is 307 g/mol. The van der Waals surface area contributed by atoms with E-state index in [0.29, 0.717) is 12.3 Å². The molecular weight excluding hydrogens is 286 g/mol. The highest BCUT2D eigenvalue weighted by Crippen LogP contribution is 2.16. The van der Waals surface area contributed by atoms with Gasteiger partial charge in [-0.2, -0.15) is 0 Å². The second-order valence-corrected chi connectivity index (χ2v) is 4.97. The van der Waals surface area contributed by atoms with Crippen LogP contribution in [0.15, 0.2) is 43.0 Å². The van der Waals surface area contributed by atoms with Crippen LogP contribution in [0.25, 0.3) is 0 Å². The van der Waals surface area contributed by atoms with Crippen LogP contribution in [-0.2, 0) is 6.54 Å². The number of rotatable bonds is 9. The number of hydrogen-bond acceptors (Lipinski definition) is 6. The molecule has 2 unspecified atom stereocenters. The molecule has 2 aromatic rings. The van der Waals surface area contributed by atoms with Gasteiger partial charge in [-0.3, -0.25) is 0 Å². The summed E-state index contributed by atoms with van der Waals surface area (Å²) in [4.78, 5) is 3.91. The lowest BCUT2D eigenvalue weighted by Gasteiger charge is -2.14. The third kappa shape index (κ3) is 5.36. The van der Waals surface area contributed by atoms with Gasteiger partial charge >= 0.3 is 0 Å². The lowest BCUT2D eigenvalue weighted by Crippen LogP contribution is -2.23. The van der Waals surface area contributed by atoms with Gasteiger partial charge in [0.1, 0.15) is 18.5 Å². The predicted octanol–water partition coefficient (Wildman–Crippen LogP) is 0.0881. The molecule has 1 heterocycles. The average molecular weight is 307 g/mol. The van der Waals surface area contributed by atoms with E-state index in [2.05, 4.69) is 10.3 Å². The zero-order valence-electron chi connectivity index (χ0n) is 12.2. The standard InChI is InChI=1S/C15H21N3O4/c19-9-13(20)7-17-12-1-3-15(4-2-12)22-10-14(21)8-18-6-5-16-11-18/h1-6,11,13-14,17,19-21H,7-10H2. The first-order valence-corrected chi connectivity index (χ1v) is 7.07. The smallest absolute Gasteiger partial charge is 0.119 e. The minimum absolute atomic E-state index is 0.189. The average Bonchev–Trinajstić information content (AvgIpc) is 3.04. The van der Waals surface area contributed by atoms with Crippen LogP contribution in [-0.4, -0.2) is 56.8 Å². The molecule has 0 aliphatic heterocycles. The number of hydrogen-bond donors (Lipinski definition) is 4. The van der Waals surface area contributed by atoms with E-state index in [0.717, 1.165) is 5.69 Å². The molecule has 0 radical (unpaired) electrons. The van der Waals surface area contributed by atoms with Crippen LogP contribution in [0.3, 0.4) is 0 Å². The highest BCUT2D eigenvalue weighted by Gasteiger charge is 2.06. The number of aliphatic hydroxyl groups is 3. The topological polar surface area (TPSA) is 99.8 Å². The van der Waals surface area contributed by atoms with E-state index in [1.54, 1.807) is 35.4 Å². The SMILES string of the molecule is OCC(O)CNc1ccc(OCC(O)Cn2ccnc2)cc1. The summed E-state index contributed by atoms with van der Waals surface area (Å²) in [5.74, 6) is 0.651. The summed E-state index contributed by atoms with van der Waals surface area (Å²) in [6.45, 7) is 0.621. The number of ether oxygens (including phenoxy) is 1. The molecule has 0 saturated carbocycles. The summed E-state index contributed by atoms with van der Waals surface area (Å²) >= 11 is 0. The van der Waals surface area contributed by atoms with Gasteiger partial charge in [0.15, 0.2) is 0 Å². The number of nitrogens with zero attached hydrogens (tertiary/aromatic N) is 2. The van der Waals surface area contributed by atoms with E-state index < -0.39 is 12.2 Å². The van der Waals surface area contributed by atoms with Crippen molar-refractivity contribution in [3.05, 3.63) is 43.0 Å². The summed E-state index contributed by atoms with van der Waals surface area (Å²) in [5, 5.41) is 30.8. The van der Waals surface area contributed by atoms with Gasteiger partial charge in [-0.05, 0) is 24.3 Å². The third-order valence-electron chi connectivity index (χ3n) is 3.03. The lowest BCUT2D eigenvalue weighted by atomic mass is 10.3. The van der Waals surface area contributed by atoms with E-state index >= 15 is 0 Å². The number of anilines is 1. The molecule has 1 aromatic heterocycles. The molecule has 0 aliphatic carbocycles. The van der Waals surface area contributed by atoms with Crippen LogP contribution in [0, 0.1) is 0 Å². The maximum absolute atomic E-state index is 9.87. The molecule has 120 valence electrons. The van der Waals surface area contributed by atoms with Gasteiger partial charge in [0.05, 0.1) is 25.6 Å². The molecule has 0 aliphatic rings. The second kappa shape index (κ2) is 8.38. The van der Waals surface area contributed by atoms with Crippen LogP contribution in [0.2, 0.25) is 0 Å². The van der Waals surface area contributed by atoms with Gasteiger partial charge in [0.2, 0.25) is 0 Å². The van der Waals surface area contributed by atoms with E-state index in [1.165, 1.54) is 0 Å². The summed E-state index contributed by atoms with van der Waals surface area (Å²) in [6.07, 6.45) is 3.68. The van der Waals surface area contributed by atoms with Crippen molar-refractivity contribution < 1.29 is 20.1 Å². The normalized spacial score (nSPS) is 13.6. The van der Waals surface area contributed by atoms with Crippen LogP contribution in [0.4, 0.5) is 5.69 Å². The number of nitrogens with one attached hydrogen (secondary N) is 1. The van der Waals surface area contributed by atoms with Gasteiger partial charge in [-0.15, -0.1) is 0 Å². The van der Waals surface area contributed by atoms with E-state index in [9.17, 15) is 10.2 Å². The maximum atomic E-state index is 9.87. The summed E-state index contributed by atoms with van der Waals surface area (Å²) in [7, 11) is 0. The van der Waals surface area contributed by atoms with Crippen molar-refractivity contribution in [1.29, 1.82) is 0 Å². The minimum atomic E-state index is -0.783. The Morgan fingerprint density at radius 3 is 2.59 bits per heavy atom. The predicted molar refractivity (Wildman–Crippen MR) is 81.8 cm³/mol. The zero-order valence-corrected chi connectivity index (χ0v) is 12.2. The Bertz CT molecular complexity index is 530. The van der Waals surface area contributed by atoms with Crippen LogP contribution in [0.5, 0.6) is 5.75 Å². The Kier molecular flexibility index (Phi) is 6.20. The van der Waals surface area contributed by atoms with Crippen molar-refractivity contribution in [3.63, 3.8) is 0 Å². The van der Waals surface area contributed by atoms with Crippen molar-refractivity contribution in [2.75, 3.05) is 25.1 Å². The molecule has 0 saturated heterocycles. The largest absolute Gasteiger partial charge is 0.491 e. The molecule has 2 rings (SSSR count). The Balaban J connectivity index is 1.74. The van der Waals surface area contributed by atoms with E-state index in [1.807, 2.05) is 12.1 Å². The van der Waals surface area contributed by atoms with Crippen molar-refractivity contribution >= 4 is 5.69 Å². The molecule has 7 nitrogen and oxygen atoms in total. The quantitative estimate of drug-likeness (QED) is 0.524. The first-order valence-electron chi connectivity index (χ1n) is 7.07. The minimum Gasteiger partial charge on any atom is -0.491 e. The van der Waals surface area contributed by atoms with Crippen LogP contribution in [0.1, 0.15) is 0 Å². The van der Waals surface area contributed by atoms with Gasteiger partial charge in [-0.1, -0.05) is 0 Å². The Morgan fingerprint density at radius 2 is 1.95 bits per heavy atom. The molecule has 7 heteroatoms. The van der Waals surface area contributed by atoms with Crippen molar-refractivity contribution in [1.82, 2.24) is 9.55 Å². The fraction of sp³-hybridized carbons (Fsp3) is 0.400. The fourth-order valence-electron chi connectivity index (χ4n) is 1.85. The number of benzene rings is 1. The number of aromatic nitrogens is 2. The number of imidazole rings is 1. The molecule has 0 spiro atoms. The highest BCUT2D eigenvalue weighted by atomic mass is 16.5. The summed E-state index contributed by atoms with van der Waals surface area (Å²) in [6, 6.07) is 7.17. The summed E-state index contributed by atoms with van der Waals surface area (Å²) < 4.78 is 7.30. The molecule has 0 fully saturated rings. The van der Waals surface area contributed by atoms with Crippen LogP contribution >= 0.6 is 0 Å². The Morgan fingerprint density at radius 1 is 1.18 bits per heavy atom. The fourth-order valence-corrected chi connectivity index (χ4v) is 1.85. The van der Waals surface area contributed by atoms with Crippen molar-refractivity contribution in [2.24, 2.45) is 0 Å². The van der Waals surface area contributed by atoms with Gasteiger partial charge < -0.3 is 29.9 Å². The second-order valence-electron chi connectivity index (χ2n) is 4.97. The summed E-state index contributed by atoms with van der Waals surface area (Å²) in [5.41, 5.74) is 0.818. The molecule has 22 heavy (non-hydrogen) atoms. The highest BCUT2D eigenvalue weighted by molar-refractivity contribution is 5.46. The van der Waals surface area contributed by atoms with Gasteiger partial charge in [-0.25, -0.2) is 4.98 Å². The first-order chi connectivity index (χ1) is 10.7. The molecule has 1 aromatic carbocycles. The van der Waals surface area contributed by atoms with E-state index in [-0.39, 0.29) is 19.8 Å². The first kappa shape index (κ1) is 16.3. The van der Waals surface area contributed by atoms with E-state index in [4.69, 9.17) is 9.84 Å². The Hall–Kier alpha value is -2.09. The lowest BCUT2D eigenvalue weighted by molar-refractivity contribution is 0.0925. The molecule has 0 amide bonds. The molecular formula is C15H21N3O4. The van der Waals surface area contributed by atoms with Gasteiger partial charge in [0.25, 0.3) is 0 Å². The maximum Gasteiger partial charge on any atom is 0.119 e. The van der Waals surface area contributed by atoms with Crippen molar-refractivity contribution in [2.45, 2.75) is 18.8 Å². The Labute approximate surface area is 128 Å². The van der Waals surface area contributed by atoms with Crippen LogP contribution < -0.4 is 10.1 Å².